The molecule has 0 N–H and O–H groups in total. The summed E-state index contributed by atoms with van der Waals surface area (Å²) in [6.07, 6.45) is 1.72. The van der Waals surface area contributed by atoms with Gasteiger partial charge in [-0.2, -0.15) is 0 Å². The number of benzene rings is 1. The highest BCUT2D eigenvalue weighted by Gasteiger charge is 2.22. The van der Waals surface area contributed by atoms with E-state index in [4.69, 9.17) is 11.6 Å². The molecule has 3 heteroatoms. The maximum Gasteiger partial charge on any atom is 0.128 e. The number of hydrogen-bond donors (Lipinski definition) is 0. The van der Waals surface area contributed by atoms with Crippen LogP contribution in [-0.2, 0) is 0 Å². The lowest BCUT2D eigenvalue weighted by atomic mass is 9.96. The predicted molar refractivity (Wildman–Crippen MR) is 72.4 cm³/mol. The van der Waals surface area contributed by atoms with Gasteiger partial charge in [-0.05, 0) is 30.7 Å². The van der Waals surface area contributed by atoms with E-state index in [0.29, 0.717) is 5.56 Å². The molecule has 0 radical (unpaired) electrons. The molecule has 2 rings (SSSR count). The summed E-state index contributed by atoms with van der Waals surface area (Å²) in [6.45, 7) is 3.82. The van der Waals surface area contributed by atoms with Crippen molar-refractivity contribution in [1.29, 1.82) is 0 Å². The van der Waals surface area contributed by atoms with Crippen molar-refractivity contribution in [3.05, 3.63) is 65.2 Å². The molecule has 1 aromatic heterocycles. The molecule has 0 amide bonds. The molecule has 0 saturated carbocycles. The van der Waals surface area contributed by atoms with Crippen LogP contribution in [0.15, 0.2) is 42.6 Å². The number of rotatable bonds is 3. The predicted octanol–water partition coefficient (Wildman–Crippen LogP) is 4.61. The van der Waals surface area contributed by atoms with E-state index in [1.165, 1.54) is 6.07 Å². The quantitative estimate of drug-likeness (QED) is 0.737. The van der Waals surface area contributed by atoms with Crippen molar-refractivity contribution in [3.63, 3.8) is 0 Å². The Balaban J connectivity index is 2.28. The van der Waals surface area contributed by atoms with Crippen LogP contribution in [0.2, 0.25) is 0 Å². The van der Waals surface area contributed by atoms with Gasteiger partial charge in [0.25, 0.3) is 0 Å². The third kappa shape index (κ3) is 2.70. The van der Waals surface area contributed by atoms with Crippen LogP contribution in [0.1, 0.15) is 35.0 Å². The zero-order chi connectivity index (χ0) is 13.1. The maximum absolute atomic E-state index is 13.9. The van der Waals surface area contributed by atoms with Gasteiger partial charge < -0.3 is 0 Å². The molecule has 94 valence electrons. The van der Waals surface area contributed by atoms with Crippen LogP contribution in [0.25, 0.3) is 0 Å². The third-order valence-corrected chi connectivity index (χ3v) is 3.66. The second-order valence-corrected chi connectivity index (χ2v) is 4.94. The molecule has 0 fully saturated rings. The van der Waals surface area contributed by atoms with Crippen molar-refractivity contribution in [1.82, 2.24) is 4.98 Å². The molecule has 0 bridgehead atoms. The number of aromatic nitrogens is 1. The van der Waals surface area contributed by atoms with Gasteiger partial charge in [0.1, 0.15) is 5.82 Å². The van der Waals surface area contributed by atoms with E-state index in [9.17, 15) is 4.39 Å². The molecule has 0 aliphatic carbocycles. The lowest BCUT2D eigenvalue weighted by molar-refractivity contribution is 0.588. The summed E-state index contributed by atoms with van der Waals surface area (Å²) in [6, 6.07) is 10.8. The molecule has 0 spiro atoms. The number of aryl methyl sites for hydroxylation is 1. The first-order chi connectivity index (χ1) is 8.59. The third-order valence-electron chi connectivity index (χ3n) is 3.05. The Hall–Kier alpha value is -1.41. The minimum Gasteiger partial charge on any atom is -0.261 e. The van der Waals surface area contributed by atoms with Crippen LogP contribution < -0.4 is 0 Å². The number of pyridine rings is 1. The SMILES string of the molecule is Cc1ccc(C(Cl)C(C)c2ccccn2)c(F)c1. The first kappa shape index (κ1) is 13.0. The van der Waals surface area contributed by atoms with Crippen LogP contribution in [0.5, 0.6) is 0 Å². The second kappa shape index (κ2) is 5.49. The average Bonchev–Trinajstić information content (AvgIpc) is 2.38. The number of nitrogens with zero attached hydrogens (tertiary/aromatic N) is 1. The molecule has 2 atom stereocenters. The van der Waals surface area contributed by atoms with Crippen molar-refractivity contribution in [2.24, 2.45) is 0 Å². The lowest BCUT2D eigenvalue weighted by Gasteiger charge is -2.18. The van der Waals surface area contributed by atoms with Crippen LogP contribution in [-0.4, -0.2) is 4.98 Å². The largest absolute Gasteiger partial charge is 0.261 e. The monoisotopic (exact) mass is 263 g/mol. The van der Waals surface area contributed by atoms with Gasteiger partial charge >= 0.3 is 0 Å². The Morgan fingerprint density at radius 1 is 1.22 bits per heavy atom. The number of hydrogen-bond acceptors (Lipinski definition) is 1. The second-order valence-electron chi connectivity index (χ2n) is 4.47. The highest BCUT2D eigenvalue weighted by Crippen LogP contribution is 2.36. The fourth-order valence-electron chi connectivity index (χ4n) is 1.92. The van der Waals surface area contributed by atoms with E-state index in [2.05, 4.69) is 4.98 Å². The molecule has 0 aliphatic rings. The smallest absolute Gasteiger partial charge is 0.128 e. The van der Waals surface area contributed by atoms with Gasteiger partial charge in [0.2, 0.25) is 0 Å². The molecule has 2 unspecified atom stereocenters. The van der Waals surface area contributed by atoms with E-state index >= 15 is 0 Å². The fourth-order valence-corrected chi connectivity index (χ4v) is 2.23. The van der Waals surface area contributed by atoms with E-state index in [1.807, 2.05) is 38.1 Å². The highest BCUT2D eigenvalue weighted by atomic mass is 35.5. The first-order valence-electron chi connectivity index (χ1n) is 5.90. The minimum absolute atomic E-state index is 0.0370. The number of halogens is 2. The molecular weight excluding hydrogens is 249 g/mol. The van der Waals surface area contributed by atoms with Crippen molar-refractivity contribution in [2.75, 3.05) is 0 Å². The average molecular weight is 264 g/mol. The molecule has 1 nitrogen and oxygen atoms in total. The Kier molecular flexibility index (Phi) is 3.97. The molecular formula is C15H15ClFN. The van der Waals surface area contributed by atoms with Gasteiger partial charge in [-0.3, -0.25) is 4.98 Å². The summed E-state index contributed by atoms with van der Waals surface area (Å²) < 4.78 is 13.9. The zero-order valence-corrected chi connectivity index (χ0v) is 11.2. The first-order valence-corrected chi connectivity index (χ1v) is 6.34. The molecule has 0 aliphatic heterocycles. The van der Waals surface area contributed by atoms with Crippen molar-refractivity contribution >= 4 is 11.6 Å². The molecule has 1 heterocycles. The Morgan fingerprint density at radius 3 is 2.61 bits per heavy atom. The summed E-state index contributed by atoms with van der Waals surface area (Å²) in [7, 11) is 0. The maximum atomic E-state index is 13.9. The van der Waals surface area contributed by atoms with E-state index in [0.717, 1.165) is 11.3 Å². The number of alkyl halides is 1. The molecule has 0 saturated heterocycles. The van der Waals surface area contributed by atoms with Gasteiger partial charge in [0, 0.05) is 23.4 Å². The summed E-state index contributed by atoms with van der Waals surface area (Å²) in [5, 5.41) is -0.416. The lowest BCUT2D eigenvalue weighted by Crippen LogP contribution is -2.06. The Labute approximate surface area is 112 Å². The molecule has 18 heavy (non-hydrogen) atoms. The van der Waals surface area contributed by atoms with Gasteiger partial charge in [-0.15, -0.1) is 11.6 Å². The fraction of sp³-hybridized carbons (Fsp3) is 0.267. The Bertz CT molecular complexity index is 527. The van der Waals surface area contributed by atoms with E-state index in [-0.39, 0.29) is 11.7 Å². The van der Waals surface area contributed by atoms with E-state index < -0.39 is 5.38 Å². The van der Waals surface area contributed by atoms with Crippen molar-refractivity contribution in [2.45, 2.75) is 25.1 Å². The molecule has 1 aromatic carbocycles. The van der Waals surface area contributed by atoms with Crippen LogP contribution in [0.3, 0.4) is 0 Å². The zero-order valence-electron chi connectivity index (χ0n) is 10.4. The summed E-state index contributed by atoms with van der Waals surface area (Å²) >= 11 is 6.37. The highest BCUT2D eigenvalue weighted by molar-refractivity contribution is 6.21. The van der Waals surface area contributed by atoms with Crippen molar-refractivity contribution < 1.29 is 4.39 Å². The van der Waals surface area contributed by atoms with Gasteiger partial charge in [-0.1, -0.05) is 25.1 Å². The van der Waals surface area contributed by atoms with Crippen LogP contribution in [0, 0.1) is 12.7 Å². The Morgan fingerprint density at radius 2 is 2.00 bits per heavy atom. The van der Waals surface area contributed by atoms with Gasteiger partial charge in [0.15, 0.2) is 0 Å². The van der Waals surface area contributed by atoms with Crippen LogP contribution >= 0.6 is 11.6 Å². The minimum atomic E-state index is -0.416. The standard InChI is InChI=1S/C15H15ClFN/c1-10-6-7-12(13(17)9-10)15(16)11(2)14-5-3-4-8-18-14/h3-9,11,15H,1-2H3. The normalized spacial score (nSPS) is 14.2. The van der Waals surface area contributed by atoms with Crippen molar-refractivity contribution in [3.8, 4) is 0 Å². The summed E-state index contributed by atoms with van der Waals surface area (Å²) in [4.78, 5) is 4.27. The molecule has 2 aromatic rings. The van der Waals surface area contributed by atoms with Gasteiger partial charge in [-0.25, -0.2) is 4.39 Å². The summed E-state index contributed by atoms with van der Waals surface area (Å²) in [5.41, 5.74) is 2.29. The van der Waals surface area contributed by atoms with Gasteiger partial charge in [0.05, 0.1) is 5.38 Å². The summed E-state index contributed by atoms with van der Waals surface area (Å²) in [5.74, 6) is -0.289. The topological polar surface area (TPSA) is 12.9 Å². The van der Waals surface area contributed by atoms with E-state index in [1.54, 1.807) is 12.3 Å². The van der Waals surface area contributed by atoms with Crippen LogP contribution in [0.4, 0.5) is 4.39 Å².